The summed E-state index contributed by atoms with van der Waals surface area (Å²) in [5.41, 5.74) is 0.987. The van der Waals surface area contributed by atoms with E-state index in [1.165, 1.54) is 0 Å². The number of carbonyl (C=O) groups excluding carboxylic acids is 1. The van der Waals surface area contributed by atoms with Gasteiger partial charge in [-0.25, -0.2) is 4.79 Å². The molecule has 0 saturated heterocycles. The van der Waals surface area contributed by atoms with Gasteiger partial charge in [-0.05, 0) is 36.7 Å². The van der Waals surface area contributed by atoms with Gasteiger partial charge in [0.1, 0.15) is 6.61 Å². The number of hydrogen-bond donors (Lipinski definition) is 2. The molecule has 4 heteroatoms. The number of amides is 1. The molecule has 2 aliphatic carbocycles. The number of benzene rings is 1. The van der Waals surface area contributed by atoms with Gasteiger partial charge in [-0.1, -0.05) is 30.3 Å². The van der Waals surface area contributed by atoms with E-state index in [4.69, 9.17) is 4.74 Å². The highest BCUT2D eigenvalue weighted by atomic mass is 16.5. The number of alkyl carbamates (subject to hydrolysis) is 1. The first-order valence-electron chi connectivity index (χ1n) is 6.87. The molecule has 0 aliphatic heterocycles. The van der Waals surface area contributed by atoms with Gasteiger partial charge in [-0.15, -0.1) is 0 Å². The zero-order chi connectivity index (χ0) is 13.2. The molecule has 2 aliphatic rings. The van der Waals surface area contributed by atoms with Gasteiger partial charge in [0, 0.05) is 6.04 Å². The first kappa shape index (κ1) is 12.5. The molecule has 3 rings (SSSR count). The van der Waals surface area contributed by atoms with Crippen molar-refractivity contribution < 1.29 is 14.6 Å². The Bertz CT molecular complexity index is 446. The summed E-state index contributed by atoms with van der Waals surface area (Å²) < 4.78 is 5.21. The maximum Gasteiger partial charge on any atom is 0.407 e. The second-order valence-electron chi connectivity index (χ2n) is 5.61. The lowest BCUT2D eigenvalue weighted by molar-refractivity contribution is 0.0947. The van der Waals surface area contributed by atoms with E-state index in [1.54, 1.807) is 0 Å². The summed E-state index contributed by atoms with van der Waals surface area (Å²) in [6.45, 7) is 0.302. The van der Waals surface area contributed by atoms with E-state index in [0.29, 0.717) is 18.4 Å². The maximum atomic E-state index is 11.7. The molecule has 0 aromatic heterocycles. The summed E-state index contributed by atoms with van der Waals surface area (Å²) >= 11 is 0. The van der Waals surface area contributed by atoms with Gasteiger partial charge in [0.15, 0.2) is 0 Å². The Balaban J connectivity index is 1.45. The van der Waals surface area contributed by atoms with E-state index in [2.05, 4.69) is 5.32 Å². The van der Waals surface area contributed by atoms with Crippen LogP contribution >= 0.6 is 0 Å². The Morgan fingerprint density at radius 1 is 1.21 bits per heavy atom. The number of hydrogen-bond acceptors (Lipinski definition) is 3. The molecular weight excluding hydrogens is 242 g/mol. The van der Waals surface area contributed by atoms with Crippen molar-refractivity contribution in [3.8, 4) is 0 Å². The molecule has 2 saturated carbocycles. The molecule has 102 valence electrons. The third-order valence-electron chi connectivity index (χ3n) is 4.34. The van der Waals surface area contributed by atoms with Crippen LogP contribution in [-0.2, 0) is 11.3 Å². The predicted octanol–water partition coefficient (Wildman–Crippen LogP) is 2.07. The SMILES string of the molecule is O=C(NC1C[C@@H]2CC1CC2O)OCc1ccccc1. The quantitative estimate of drug-likeness (QED) is 0.875. The monoisotopic (exact) mass is 261 g/mol. The maximum absolute atomic E-state index is 11.7. The summed E-state index contributed by atoms with van der Waals surface area (Å²) in [6, 6.07) is 9.82. The van der Waals surface area contributed by atoms with Crippen LogP contribution in [0, 0.1) is 11.8 Å². The number of aliphatic hydroxyl groups is 1. The van der Waals surface area contributed by atoms with E-state index >= 15 is 0 Å². The fourth-order valence-electron chi connectivity index (χ4n) is 3.34. The average molecular weight is 261 g/mol. The minimum Gasteiger partial charge on any atom is -0.445 e. The highest BCUT2D eigenvalue weighted by Crippen LogP contribution is 2.44. The van der Waals surface area contributed by atoms with Crippen LogP contribution in [0.1, 0.15) is 24.8 Å². The second kappa shape index (κ2) is 5.21. The largest absolute Gasteiger partial charge is 0.445 e. The topological polar surface area (TPSA) is 58.6 Å². The first-order chi connectivity index (χ1) is 9.22. The van der Waals surface area contributed by atoms with Crippen LogP contribution in [0.5, 0.6) is 0 Å². The molecule has 0 heterocycles. The van der Waals surface area contributed by atoms with Crippen molar-refractivity contribution in [2.45, 2.75) is 38.0 Å². The van der Waals surface area contributed by atoms with Crippen LogP contribution in [0.15, 0.2) is 30.3 Å². The smallest absolute Gasteiger partial charge is 0.407 e. The fourth-order valence-corrected chi connectivity index (χ4v) is 3.34. The van der Waals surface area contributed by atoms with Crippen molar-refractivity contribution in [2.75, 3.05) is 0 Å². The summed E-state index contributed by atoms with van der Waals surface area (Å²) in [7, 11) is 0. The normalized spacial score (nSPS) is 32.3. The lowest BCUT2D eigenvalue weighted by Gasteiger charge is -2.25. The standard InChI is InChI=1S/C15H19NO3/c17-14-8-11-6-12(14)7-13(11)16-15(18)19-9-10-4-2-1-3-5-10/h1-5,11-14,17H,6-9H2,(H,16,18)/t11?,12-,13?,14?/m0/s1. The van der Waals surface area contributed by atoms with Crippen LogP contribution in [0.3, 0.4) is 0 Å². The van der Waals surface area contributed by atoms with Crippen molar-refractivity contribution in [3.05, 3.63) is 35.9 Å². The Morgan fingerprint density at radius 2 is 2.00 bits per heavy atom. The zero-order valence-electron chi connectivity index (χ0n) is 10.8. The molecule has 2 fully saturated rings. The number of ether oxygens (including phenoxy) is 1. The average Bonchev–Trinajstić information content (AvgIpc) is 2.96. The van der Waals surface area contributed by atoms with Gasteiger partial charge >= 0.3 is 6.09 Å². The second-order valence-corrected chi connectivity index (χ2v) is 5.61. The van der Waals surface area contributed by atoms with Crippen molar-refractivity contribution in [3.63, 3.8) is 0 Å². The number of carbonyl (C=O) groups is 1. The highest BCUT2D eigenvalue weighted by Gasteiger charge is 2.45. The summed E-state index contributed by atoms with van der Waals surface area (Å²) in [6.07, 6.45) is 2.21. The molecule has 1 amide bonds. The number of fused-ring (bicyclic) bond motifs is 2. The van der Waals surface area contributed by atoms with Gasteiger partial charge in [0.05, 0.1) is 6.10 Å². The lowest BCUT2D eigenvalue weighted by atomic mass is 9.93. The van der Waals surface area contributed by atoms with Gasteiger partial charge in [0.25, 0.3) is 0 Å². The number of rotatable bonds is 3. The van der Waals surface area contributed by atoms with Gasteiger partial charge in [0.2, 0.25) is 0 Å². The summed E-state index contributed by atoms with van der Waals surface area (Å²) in [5, 5.41) is 12.6. The summed E-state index contributed by atoms with van der Waals surface area (Å²) in [4.78, 5) is 11.7. The van der Waals surface area contributed by atoms with E-state index in [0.717, 1.165) is 24.8 Å². The third-order valence-corrected chi connectivity index (χ3v) is 4.34. The highest BCUT2D eigenvalue weighted by molar-refractivity contribution is 5.67. The molecule has 2 N–H and O–H groups in total. The van der Waals surface area contributed by atoms with Crippen molar-refractivity contribution >= 4 is 6.09 Å². The molecule has 1 aromatic carbocycles. The number of nitrogens with one attached hydrogen (secondary N) is 1. The zero-order valence-corrected chi connectivity index (χ0v) is 10.8. The Labute approximate surface area is 112 Å². The van der Waals surface area contributed by atoms with E-state index in [9.17, 15) is 9.90 Å². The molecule has 1 aromatic rings. The van der Waals surface area contributed by atoms with Crippen LogP contribution < -0.4 is 5.32 Å². The molecule has 0 spiro atoms. The lowest BCUT2D eigenvalue weighted by Crippen LogP contribution is -2.40. The van der Waals surface area contributed by atoms with Crippen LogP contribution in [0.4, 0.5) is 4.79 Å². The van der Waals surface area contributed by atoms with Crippen molar-refractivity contribution in [1.82, 2.24) is 5.32 Å². The number of aliphatic hydroxyl groups excluding tert-OH is 1. The third kappa shape index (κ3) is 2.73. The Morgan fingerprint density at radius 3 is 2.63 bits per heavy atom. The first-order valence-corrected chi connectivity index (χ1v) is 6.87. The van der Waals surface area contributed by atoms with Crippen molar-refractivity contribution in [2.24, 2.45) is 11.8 Å². The van der Waals surface area contributed by atoms with E-state index < -0.39 is 0 Å². The Hall–Kier alpha value is -1.55. The summed E-state index contributed by atoms with van der Waals surface area (Å²) in [5.74, 6) is 0.786. The fraction of sp³-hybridized carbons (Fsp3) is 0.533. The molecule has 2 bridgehead atoms. The van der Waals surface area contributed by atoms with Crippen LogP contribution in [-0.4, -0.2) is 23.3 Å². The molecule has 0 radical (unpaired) electrons. The molecule has 4 nitrogen and oxygen atoms in total. The molecule has 3 unspecified atom stereocenters. The van der Waals surface area contributed by atoms with Gasteiger partial charge in [-0.2, -0.15) is 0 Å². The molecular formula is C15H19NO3. The van der Waals surface area contributed by atoms with Crippen LogP contribution in [0.25, 0.3) is 0 Å². The molecule has 4 atom stereocenters. The minimum atomic E-state index is -0.351. The van der Waals surface area contributed by atoms with Gasteiger partial charge in [-0.3, -0.25) is 0 Å². The van der Waals surface area contributed by atoms with Crippen LogP contribution in [0.2, 0.25) is 0 Å². The molecule has 19 heavy (non-hydrogen) atoms. The Kier molecular flexibility index (Phi) is 3.42. The minimum absolute atomic E-state index is 0.164. The van der Waals surface area contributed by atoms with E-state index in [-0.39, 0.29) is 18.2 Å². The predicted molar refractivity (Wildman–Crippen MR) is 70.4 cm³/mol. The van der Waals surface area contributed by atoms with Crippen molar-refractivity contribution in [1.29, 1.82) is 0 Å². The van der Waals surface area contributed by atoms with E-state index in [1.807, 2.05) is 30.3 Å². The van der Waals surface area contributed by atoms with Gasteiger partial charge < -0.3 is 15.2 Å².